The van der Waals surface area contributed by atoms with Crippen molar-refractivity contribution in [2.24, 2.45) is 33.5 Å². The third-order valence-electron chi connectivity index (χ3n) is 6.51. The molecule has 2 aliphatic heterocycles. The van der Waals surface area contributed by atoms with Gasteiger partial charge in [-0.15, -0.1) is 0 Å². The minimum absolute atomic E-state index is 0.448. The highest BCUT2D eigenvalue weighted by Crippen LogP contribution is 2.32. The zero-order chi connectivity index (χ0) is 24.8. The molecular formula is C30H62N2. The first-order valence-corrected chi connectivity index (χ1v) is 13.8. The normalized spacial score (nSPS) is 23.1. The third kappa shape index (κ3) is 15.7. The van der Waals surface area contributed by atoms with Crippen molar-refractivity contribution >= 4 is 0 Å². The largest absolute Gasteiger partial charge is 0.303 e. The fourth-order valence-corrected chi connectivity index (χ4v) is 5.88. The Morgan fingerprint density at radius 3 is 1.38 bits per heavy atom. The highest BCUT2D eigenvalue weighted by molar-refractivity contribution is 4.80. The van der Waals surface area contributed by atoms with E-state index in [0.717, 1.165) is 11.8 Å². The van der Waals surface area contributed by atoms with Crippen LogP contribution in [0.3, 0.4) is 0 Å². The van der Waals surface area contributed by atoms with Gasteiger partial charge in [-0.1, -0.05) is 83.1 Å². The quantitative estimate of drug-likeness (QED) is 0.424. The molecule has 0 N–H and O–H groups in total. The van der Waals surface area contributed by atoms with Crippen LogP contribution in [-0.4, -0.2) is 49.1 Å². The van der Waals surface area contributed by atoms with Crippen molar-refractivity contribution in [1.29, 1.82) is 0 Å². The highest BCUT2D eigenvalue weighted by atomic mass is 15.1. The van der Waals surface area contributed by atoms with Crippen LogP contribution in [0.25, 0.3) is 0 Å². The molecule has 0 aromatic rings. The fraction of sp³-hybridized carbons (Fsp3) is 1.00. The van der Waals surface area contributed by atoms with Crippen molar-refractivity contribution < 1.29 is 0 Å². The molecule has 0 saturated carbocycles. The summed E-state index contributed by atoms with van der Waals surface area (Å²) in [5.74, 6) is 1.90. The highest BCUT2D eigenvalue weighted by Gasteiger charge is 2.27. The summed E-state index contributed by atoms with van der Waals surface area (Å²) in [5, 5.41) is 0. The van der Waals surface area contributed by atoms with Crippen molar-refractivity contribution in [3.63, 3.8) is 0 Å². The van der Waals surface area contributed by atoms with Gasteiger partial charge in [0.1, 0.15) is 0 Å². The summed E-state index contributed by atoms with van der Waals surface area (Å²) in [6, 6.07) is 0. The SMILES string of the molecule is CC(C)(C)CC1CCCN(CC(C)(C)C)C1.CC(C)(C)CC1CCN(CC(C)(C)C)CC1. The van der Waals surface area contributed by atoms with Gasteiger partial charge in [-0.25, -0.2) is 0 Å². The lowest BCUT2D eigenvalue weighted by Gasteiger charge is -2.38. The van der Waals surface area contributed by atoms with Crippen LogP contribution in [0, 0.1) is 33.5 Å². The van der Waals surface area contributed by atoms with Gasteiger partial charge in [-0.05, 0) is 91.7 Å². The lowest BCUT2D eigenvalue weighted by atomic mass is 9.80. The van der Waals surface area contributed by atoms with Gasteiger partial charge in [0.15, 0.2) is 0 Å². The Hall–Kier alpha value is -0.0800. The molecule has 2 saturated heterocycles. The maximum absolute atomic E-state index is 2.68. The number of piperidine rings is 2. The summed E-state index contributed by atoms with van der Waals surface area (Å²) in [7, 11) is 0. The van der Waals surface area contributed by atoms with Gasteiger partial charge in [0.05, 0.1) is 0 Å². The molecule has 0 amide bonds. The predicted octanol–water partition coefficient (Wildman–Crippen LogP) is 8.36. The van der Waals surface area contributed by atoms with Crippen molar-refractivity contribution in [2.75, 3.05) is 39.3 Å². The van der Waals surface area contributed by atoms with Crippen LogP contribution >= 0.6 is 0 Å². The first kappa shape index (κ1) is 30.0. The van der Waals surface area contributed by atoms with E-state index in [2.05, 4.69) is 92.9 Å². The molecule has 2 fully saturated rings. The average molecular weight is 451 g/mol. The number of hydrogen-bond donors (Lipinski definition) is 0. The minimum Gasteiger partial charge on any atom is -0.303 e. The Morgan fingerprint density at radius 2 is 0.938 bits per heavy atom. The van der Waals surface area contributed by atoms with Crippen molar-refractivity contribution in [3.8, 4) is 0 Å². The Labute approximate surface area is 204 Å². The van der Waals surface area contributed by atoms with Gasteiger partial charge in [-0.2, -0.15) is 0 Å². The molecule has 1 unspecified atom stereocenters. The molecule has 2 nitrogen and oxygen atoms in total. The molecule has 0 spiro atoms. The summed E-state index contributed by atoms with van der Waals surface area (Å²) in [5.41, 5.74) is 1.91. The van der Waals surface area contributed by atoms with Gasteiger partial charge in [-0.3, -0.25) is 0 Å². The Kier molecular flexibility index (Phi) is 11.3. The summed E-state index contributed by atoms with van der Waals surface area (Å²) in [6.07, 6.45) is 8.44. The van der Waals surface area contributed by atoms with Crippen LogP contribution in [0.1, 0.15) is 122 Å². The minimum atomic E-state index is 0.448. The third-order valence-corrected chi connectivity index (χ3v) is 6.51. The lowest BCUT2D eigenvalue weighted by Crippen LogP contribution is -2.41. The average Bonchev–Trinajstić information content (AvgIpc) is 2.52. The molecule has 0 aliphatic carbocycles. The van der Waals surface area contributed by atoms with Crippen molar-refractivity contribution in [3.05, 3.63) is 0 Å². The van der Waals surface area contributed by atoms with Gasteiger partial charge in [0.2, 0.25) is 0 Å². The molecule has 2 heterocycles. The number of rotatable bonds is 4. The molecule has 192 valence electrons. The van der Waals surface area contributed by atoms with Gasteiger partial charge < -0.3 is 9.80 Å². The van der Waals surface area contributed by atoms with Crippen LogP contribution in [0.4, 0.5) is 0 Å². The van der Waals surface area contributed by atoms with E-state index >= 15 is 0 Å². The molecule has 32 heavy (non-hydrogen) atoms. The molecule has 0 aromatic heterocycles. The number of nitrogens with zero attached hydrogens (tertiary/aromatic N) is 2. The van der Waals surface area contributed by atoms with Crippen LogP contribution in [0.5, 0.6) is 0 Å². The van der Waals surface area contributed by atoms with E-state index < -0.39 is 0 Å². The van der Waals surface area contributed by atoms with Crippen LogP contribution in [0.15, 0.2) is 0 Å². The summed E-state index contributed by atoms with van der Waals surface area (Å²) in [6.45, 7) is 36.1. The van der Waals surface area contributed by atoms with E-state index in [1.807, 2.05) is 0 Å². The summed E-state index contributed by atoms with van der Waals surface area (Å²) >= 11 is 0. The molecule has 2 aliphatic rings. The van der Waals surface area contributed by atoms with Gasteiger partial charge >= 0.3 is 0 Å². The fourth-order valence-electron chi connectivity index (χ4n) is 5.88. The molecule has 0 aromatic carbocycles. The Bertz CT molecular complexity index is 455. The maximum atomic E-state index is 2.68. The Morgan fingerprint density at radius 1 is 0.500 bits per heavy atom. The second-order valence-corrected chi connectivity index (χ2v) is 16.1. The van der Waals surface area contributed by atoms with Crippen LogP contribution in [-0.2, 0) is 0 Å². The van der Waals surface area contributed by atoms with Crippen molar-refractivity contribution in [1.82, 2.24) is 9.80 Å². The molecule has 0 bridgehead atoms. The van der Waals surface area contributed by atoms with Crippen LogP contribution < -0.4 is 0 Å². The molecule has 0 radical (unpaired) electrons. The maximum Gasteiger partial charge on any atom is 0.00302 e. The standard InChI is InChI=1S/2C15H31N/c1-14(2,3)11-13-7-9-16(10-8-13)12-15(4,5)6;1-14(2,3)10-13-8-7-9-16(11-13)12-15(4,5)6/h2*13H,7-12H2,1-6H3. The second kappa shape index (κ2) is 12.1. The topological polar surface area (TPSA) is 6.48 Å². The monoisotopic (exact) mass is 450 g/mol. The van der Waals surface area contributed by atoms with Gasteiger partial charge in [0, 0.05) is 19.6 Å². The number of likely N-dealkylation sites (tertiary alicyclic amines) is 2. The number of hydrogen-bond acceptors (Lipinski definition) is 2. The molecular weight excluding hydrogens is 388 g/mol. The van der Waals surface area contributed by atoms with E-state index in [1.54, 1.807) is 0 Å². The molecule has 2 rings (SSSR count). The predicted molar refractivity (Wildman–Crippen MR) is 145 cm³/mol. The van der Waals surface area contributed by atoms with E-state index in [4.69, 9.17) is 0 Å². The van der Waals surface area contributed by atoms with E-state index in [0.29, 0.717) is 21.7 Å². The van der Waals surface area contributed by atoms with E-state index in [-0.39, 0.29) is 0 Å². The second-order valence-electron chi connectivity index (χ2n) is 16.1. The van der Waals surface area contributed by atoms with E-state index in [9.17, 15) is 0 Å². The van der Waals surface area contributed by atoms with Crippen molar-refractivity contribution in [2.45, 2.75) is 122 Å². The zero-order valence-corrected chi connectivity index (χ0v) is 24.5. The Balaban J connectivity index is 0.000000320. The van der Waals surface area contributed by atoms with Gasteiger partial charge in [0.25, 0.3) is 0 Å². The lowest BCUT2D eigenvalue weighted by molar-refractivity contribution is 0.108. The summed E-state index contributed by atoms with van der Waals surface area (Å²) in [4.78, 5) is 5.33. The smallest absolute Gasteiger partial charge is 0.00302 e. The first-order valence-electron chi connectivity index (χ1n) is 13.8. The molecule has 2 heteroatoms. The van der Waals surface area contributed by atoms with E-state index in [1.165, 1.54) is 77.8 Å². The zero-order valence-electron chi connectivity index (χ0n) is 24.5. The first-order chi connectivity index (χ1) is 14.3. The summed E-state index contributed by atoms with van der Waals surface area (Å²) < 4.78 is 0. The molecule has 1 atom stereocenters. The van der Waals surface area contributed by atoms with Crippen LogP contribution in [0.2, 0.25) is 0 Å².